The van der Waals surface area contributed by atoms with Crippen LogP contribution in [0.3, 0.4) is 0 Å². The average molecular weight is 367 g/mol. The smallest absolute Gasteiger partial charge is 0.251 e. The van der Waals surface area contributed by atoms with Gasteiger partial charge in [-0.2, -0.15) is 0 Å². The molecule has 2 rings (SSSR count). The van der Waals surface area contributed by atoms with Crippen molar-refractivity contribution in [1.82, 2.24) is 10.2 Å². The topological polar surface area (TPSA) is 49.4 Å². The van der Waals surface area contributed by atoms with Gasteiger partial charge in [-0.05, 0) is 43.4 Å². The summed E-state index contributed by atoms with van der Waals surface area (Å²) in [6.45, 7) is 5.74. The maximum Gasteiger partial charge on any atom is 0.251 e. The number of nitrogens with zero attached hydrogens (tertiary/aromatic N) is 1. The van der Waals surface area contributed by atoms with Crippen molar-refractivity contribution >= 4 is 27.7 Å². The lowest BCUT2D eigenvalue weighted by Gasteiger charge is -2.25. The molecule has 0 aliphatic carbocycles. The van der Waals surface area contributed by atoms with E-state index in [1.54, 1.807) is 12.1 Å². The molecule has 120 valence electrons. The quantitative estimate of drug-likeness (QED) is 0.869. The predicted molar refractivity (Wildman–Crippen MR) is 90.7 cm³/mol. The van der Waals surface area contributed by atoms with E-state index in [2.05, 4.69) is 35.1 Å². The first-order chi connectivity index (χ1) is 10.5. The highest BCUT2D eigenvalue weighted by molar-refractivity contribution is 9.10. The number of likely N-dealkylation sites (tertiary alicyclic amines) is 1. The second kappa shape index (κ2) is 7.77. The van der Waals surface area contributed by atoms with Crippen LogP contribution < -0.4 is 5.32 Å². The van der Waals surface area contributed by atoms with Gasteiger partial charge in [0, 0.05) is 23.1 Å². The summed E-state index contributed by atoms with van der Waals surface area (Å²) in [6.07, 6.45) is 2.77. The van der Waals surface area contributed by atoms with Crippen molar-refractivity contribution < 1.29 is 9.59 Å². The molecule has 1 saturated heterocycles. The second-order valence-corrected chi connectivity index (χ2v) is 7.11. The third-order valence-electron chi connectivity index (χ3n) is 3.82. The van der Waals surface area contributed by atoms with Gasteiger partial charge in [-0.3, -0.25) is 9.59 Å². The number of halogens is 1. The van der Waals surface area contributed by atoms with Crippen LogP contribution in [0.4, 0.5) is 0 Å². The van der Waals surface area contributed by atoms with Gasteiger partial charge < -0.3 is 10.2 Å². The number of hydrogen-bond acceptors (Lipinski definition) is 2. The summed E-state index contributed by atoms with van der Waals surface area (Å²) >= 11 is 3.36. The third-order valence-corrected chi connectivity index (χ3v) is 4.31. The van der Waals surface area contributed by atoms with Crippen LogP contribution in [0.1, 0.15) is 43.5 Å². The fourth-order valence-corrected chi connectivity index (χ4v) is 3.12. The maximum absolute atomic E-state index is 12.6. The van der Waals surface area contributed by atoms with E-state index in [4.69, 9.17) is 0 Å². The molecule has 0 bridgehead atoms. The van der Waals surface area contributed by atoms with Gasteiger partial charge >= 0.3 is 0 Å². The molecule has 1 N–H and O–H groups in total. The number of amides is 2. The van der Waals surface area contributed by atoms with Crippen molar-refractivity contribution in [2.24, 2.45) is 5.92 Å². The van der Waals surface area contributed by atoms with Gasteiger partial charge in [-0.1, -0.05) is 35.8 Å². The zero-order valence-corrected chi connectivity index (χ0v) is 14.7. The Morgan fingerprint density at radius 2 is 1.95 bits per heavy atom. The largest absolute Gasteiger partial charge is 0.341 e. The molecule has 2 amide bonds. The fourth-order valence-electron chi connectivity index (χ4n) is 2.72. The molecule has 1 aromatic rings. The number of benzene rings is 1. The minimum atomic E-state index is -0.440. The van der Waals surface area contributed by atoms with Gasteiger partial charge in [-0.15, -0.1) is 0 Å². The molecule has 1 atom stereocenters. The van der Waals surface area contributed by atoms with Gasteiger partial charge in [0.1, 0.15) is 6.04 Å². The van der Waals surface area contributed by atoms with Crippen molar-refractivity contribution in [1.29, 1.82) is 0 Å². The van der Waals surface area contributed by atoms with Crippen molar-refractivity contribution in [3.8, 4) is 0 Å². The Morgan fingerprint density at radius 3 is 2.55 bits per heavy atom. The summed E-state index contributed by atoms with van der Waals surface area (Å²) < 4.78 is 0.853. The van der Waals surface area contributed by atoms with Crippen LogP contribution in [0.5, 0.6) is 0 Å². The molecule has 1 aliphatic heterocycles. The minimum absolute atomic E-state index is 0.0505. The van der Waals surface area contributed by atoms with Crippen molar-refractivity contribution in [2.75, 3.05) is 13.1 Å². The van der Waals surface area contributed by atoms with E-state index in [0.29, 0.717) is 17.9 Å². The summed E-state index contributed by atoms with van der Waals surface area (Å²) in [5.74, 6) is 0.202. The van der Waals surface area contributed by atoms with Gasteiger partial charge in [0.2, 0.25) is 5.91 Å². The van der Waals surface area contributed by atoms with Crippen molar-refractivity contribution in [3.05, 3.63) is 34.3 Å². The summed E-state index contributed by atoms with van der Waals surface area (Å²) in [5, 5.41) is 2.92. The molecule has 1 heterocycles. The molecular formula is C17H23BrN2O2. The molecule has 1 aromatic carbocycles. The monoisotopic (exact) mass is 366 g/mol. The minimum Gasteiger partial charge on any atom is -0.341 e. The average Bonchev–Trinajstić information content (AvgIpc) is 2.99. The van der Waals surface area contributed by atoms with E-state index >= 15 is 0 Å². The Bertz CT molecular complexity index is 539. The SMILES string of the molecule is CC(C)C[C@@H](NC(=O)c1cccc(Br)c1)C(=O)N1CCCC1. The lowest BCUT2D eigenvalue weighted by atomic mass is 10.0. The lowest BCUT2D eigenvalue weighted by Crippen LogP contribution is -2.48. The van der Waals surface area contributed by atoms with E-state index in [1.807, 2.05) is 17.0 Å². The standard InChI is InChI=1S/C17H23BrN2O2/c1-12(2)10-15(17(22)20-8-3-4-9-20)19-16(21)13-6-5-7-14(18)11-13/h5-7,11-12,15H,3-4,8-10H2,1-2H3,(H,19,21)/t15-/m1/s1. The van der Waals surface area contributed by atoms with Crippen LogP contribution in [-0.2, 0) is 4.79 Å². The zero-order chi connectivity index (χ0) is 16.1. The number of rotatable bonds is 5. The van der Waals surface area contributed by atoms with E-state index in [1.165, 1.54) is 0 Å². The Hall–Kier alpha value is -1.36. The molecule has 5 heteroatoms. The second-order valence-electron chi connectivity index (χ2n) is 6.20. The van der Waals surface area contributed by atoms with Crippen molar-refractivity contribution in [2.45, 2.75) is 39.2 Å². The van der Waals surface area contributed by atoms with Crippen LogP contribution in [0.2, 0.25) is 0 Å². The molecule has 0 radical (unpaired) electrons. The highest BCUT2D eigenvalue weighted by atomic mass is 79.9. The maximum atomic E-state index is 12.6. The highest BCUT2D eigenvalue weighted by Gasteiger charge is 2.28. The van der Waals surface area contributed by atoms with Gasteiger partial charge in [-0.25, -0.2) is 0 Å². The van der Waals surface area contributed by atoms with Gasteiger partial charge in [0.25, 0.3) is 5.91 Å². The Kier molecular flexibility index (Phi) is 6.00. The zero-order valence-electron chi connectivity index (χ0n) is 13.1. The Morgan fingerprint density at radius 1 is 1.27 bits per heavy atom. The van der Waals surface area contributed by atoms with Crippen LogP contribution in [-0.4, -0.2) is 35.8 Å². The molecule has 0 aromatic heterocycles. The summed E-state index contributed by atoms with van der Waals surface area (Å²) in [6, 6.07) is 6.77. The van der Waals surface area contributed by atoms with E-state index < -0.39 is 6.04 Å². The van der Waals surface area contributed by atoms with Crippen LogP contribution in [0.25, 0.3) is 0 Å². The first kappa shape index (κ1) is 17.0. The van der Waals surface area contributed by atoms with E-state index in [0.717, 1.165) is 30.4 Å². The van der Waals surface area contributed by atoms with Crippen LogP contribution in [0.15, 0.2) is 28.7 Å². The fraction of sp³-hybridized carbons (Fsp3) is 0.529. The lowest BCUT2D eigenvalue weighted by molar-refractivity contribution is -0.132. The molecule has 22 heavy (non-hydrogen) atoms. The van der Waals surface area contributed by atoms with Crippen LogP contribution >= 0.6 is 15.9 Å². The highest BCUT2D eigenvalue weighted by Crippen LogP contribution is 2.15. The predicted octanol–water partition coefficient (Wildman–Crippen LogP) is 3.22. The Balaban J connectivity index is 2.08. The first-order valence-electron chi connectivity index (χ1n) is 7.82. The number of hydrogen-bond donors (Lipinski definition) is 1. The molecule has 1 fully saturated rings. The molecule has 0 saturated carbocycles. The molecule has 0 spiro atoms. The van der Waals surface area contributed by atoms with Gasteiger partial charge in [0.05, 0.1) is 0 Å². The molecule has 1 aliphatic rings. The third kappa shape index (κ3) is 4.57. The summed E-state index contributed by atoms with van der Waals surface area (Å²) in [4.78, 5) is 26.9. The van der Waals surface area contributed by atoms with E-state index in [9.17, 15) is 9.59 Å². The van der Waals surface area contributed by atoms with Crippen molar-refractivity contribution in [3.63, 3.8) is 0 Å². The number of carbonyl (C=O) groups excluding carboxylic acids is 2. The van der Waals surface area contributed by atoms with E-state index in [-0.39, 0.29) is 11.8 Å². The number of nitrogens with one attached hydrogen (secondary N) is 1. The summed E-state index contributed by atoms with van der Waals surface area (Å²) in [7, 11) is 0. The normalized spacial score (nSPS) is 15.9. The van der Waals surface area contributed by atoms with Crippen LogP contribution in [0, 0.1) is 5.92 Å². The summed E-state index contributed by atoms with van der Waals surface area (Å²) in [5.41, 5.74) is 0.567. The first-order valence-corrected chi connectivity index (χ1v) is 8.62. The molecule has 4 nitrogen and oxygen atoms in total. The molecular weight excluding hydrogens is 344 g/mol. The molecule has 0 unspecified atom stereocenters. The number of carbonyl (C=O) groups is 2. The Labute approximate surface area is 140 Å². The van der Waals surface area contributed by atoms with Gasteiger partial charge in [0.15, 0.2) is 0 Å².